The summed E-state index contributed by atoms with van der Waals surface area (Å²) in [6.45, 7) is -0.233. The zero-order chi connectivity index (χ0) is 16.7. The monoisotopic (exact) mass is 352 g/mol. The molecule has 0 aliphatic carbocycles. The Morgan fingerprint density at radius 2 is 2.00 bits per heavy atom. The molecule has 0 aromatic heterocycles. The molecule has 0 bridgehead atoms. The Morgan fingerprint density at radius 3 is 2.78 bits per heavy atom. The molecule has 0 atom stereocenters. The summed E-state index contributed by atoms with van der Waals surface area (Å²) in [4.78, 5) is 11.7. The van der Waals surface area contributed by atoms with Crippen molar-refractivity contribution in [2.45, 2.75) is 0 Å². The van der Waals surface area contributed by atoms with Crippen LogP contribution in [0.1, 0.15) is 5.56 Å². The number of rotatable bonds is 6. The average Bonchev–Trinajstić information content (AvgIpc) is 2.56. The molecule has 7 heteroatoms. The van der Waals surface area contributed by atoms with Gasteiger partial charge in [0.05, 0.1) is 18.3 Å². The van der Waals surface area contributed by atoms with Gasteiger partial charge in [0.1, 0.15) is 11.5 Å². The summed E-state index contributed by atoms with van der Waals surface area (Å²) in [7, 11) is 1.56. The van der Waals surface area contributed by atoms with Crippen molar-refractivity contribution in [1.82, 2.24) is 5.43 Å². The van der Waals surface area contributed by atoms with Crippen molar-refractivity contribution < 1.29 is 14.3 Å². The predicted octanol–water partition coefficient (Wildman–Crippen LogP) is 3.53. The van der Waals surface area contributed by atoms with Crippen molar-refractivity contribution in [3.8, 4) is 11.5 Å². The Morgan fingerprint density at radius 1 is 1.22 bits per heavy atom. The largest absolute Gasteiger partial charge is 0.496 e. The van der Waals surface area contributed by atoms with Crippen LogP contribution in [0.4, 0.5) is 0 Å². The third-order valence-corrected chi connectivity index (χ3v) is 3.33. The minimum absolute atomic E-state index is 0.233. The lowest BCUT2D eigenvalue weighted by molar-refractivity contribution is -0.123. The van der Waals surface area contributed by atoms with Crippen molar-refractivity contribution in [2.75, 3.05) is 13.7 Å². The standard InChI is InChI=1S/C16H14Cl2N2O3/c1-22-14-5-3-2-4-11(14)9-19-20-16(21)10-23-15-8-12(17)6-7-13(15)18/h2-9H,10H2,1H3,(H,20,21). The number of para-hydroxylation sites is 1. The zero-order valence-electron chi connectivity index (χ0n) is 12.3. The number of halogens is 2. The van der Waals surface area contributed by atoms with Gasteiger partial charge in [-0.25, -0.2) is 5.43 Å². The number of amides is 1. The first-order valence-corrected chi connectivity index (χ1v) is 7.38. The lowest BCUT2D eigenvalue weighted by atomic mass is 10.2. The highest BCUT2D eigenvalue weighted by Crippen LogP contribution is 2.27. The Labute approximate surface area is 143 Å². The molecule has 0 heterocycles. The molecule has 0 spiro atoms. The van der Waals surface area contributed by atoms with Gasteiger partial charge in [-0.3, -0.25) is 4.79 Å². The van der Waals surface area contributed by atoms with Gasteiger partial charge in [0.2, 0.25) is 0 Å². The molecule has 0 aliphatic heterocycles. The Kier molecular flexibility index (Phi) is 6.26. The van der Waals surface area contributed by atoms with Gasteiger partial charge in [0, 0.05) is 16.7 Å². The highest BCUT2D eigenvalue weighted by molar-refractivity contribution is 6.34. The van der Waals surface area contributed by atoms with Crippen molar-refractivity contribution >= 4 is 35.3 Å². The fourth-order valence-corrected chi connectivity index (χ4v) is 2.04. The van der Waals surface area contributed by atoms with Gasteiger partial charge in [0.15, 0.2) is 6.61 Å². The van der Waals surface area contributed by atoms with Crippen LogP contribution in [0.2, 0.25) is 10.0 Å². The Bertz CT molecular complexity index is 720. The van der Waals surface area contributed by atoms with Gasteiger partial charge >= 0.3 is 0 Å². The molecule has 0 saturated heterocycles. The number of nitrogens with one attached hydrogen (secondary N) is 1. The lowest BCUT2D eigenvalue weighted by Gasteiger charge is -2.07. The van der Waals surface area contributed by atoms with Crippen molar-refractivity contribution in [3.05, 3.63) is 58.1 Å². The van der Waals surface area contributed by atoms with E-state index < -0.39 is 5.91 Å². The number of ether oxygens (including phenoxy) is 2. The van der Waals surface area contributed by atoms with E-state index >= 15 is 0 Å². The molecule has 0 saturated carbocycles. The maximum Gasteiger partial charge on any atom is 0.277 e. The van der Waals surface area contributed by atoms with Gasteiger partial charge in [-0.05, 0) is 24.3 Å². The first-order valence-electron chi connectivity index (χ1n) is 6.63. The molecule has 1 amide bonds. The maximum absolute atomic E-state index is 11.7. The Balaban J connectivity index is 1.88. The smallest absolute Gasteiger partial charge is 0.277 e. The van der Waals surface area contributed by atoms with Crippen LogP contribution in [0.5, 0.6) is 11.5 Å². The fraction of sp³-hybridized carbons (Fsp3) is 0.125. The number of carbonyl (C=O) groups is 1. The van der Waals surface area contributed by atoms with E-state index in [1.807, 2.05) is 18.2 Å². The van der Waals surface area contributed by atoms with Crippen LogP contribution < -0.4 is 14.9 Å². The van der Waals surface area contributed by atoms with Gasteiger partial charge in [-0.15, -0.1) is 0 Å². The third-order valence-electron chi connectivity index (χ3n) is 2.78. The number of methoxy groups -OCH3 is 1. The van der Waals surface area contributed by atoms with Crippen molar-refractivity contribution in [2.24, 2.45) is 5.10 Å². The van der Waals surface area contributed by atoms with E-state index in [1.165, 1.54) is 12.3 Å². The fourth-order valence-electron chi connectivity index (χ4n) is 1.71. The van der Waals surface area contributed by atoms with E-state index in [-0.39, 0.29) is 6.61 Å². The number of carbonyl (C=O) groups excluding carboxylic acids is 1. The van der Waals surface area contributed by atoms with Gasteiger partial charge in [0.25, 0.3) is 5.91 Å². The molecule has 0 fully saturated rings. The second-order valence-electron chi connectivity index (χ2n) is 4.40. The molecular formula is C16H14Cl2N2O3. The van der Waals surface area contributed by atoms with Gasteiger partial charge < -0.3 is 9.47 Å². The lowest BCUT2D eigenvalue weighted by Crippen LogP contribution is -2.24. The molecule has 0 unspecified atom stereocenters. The molecule has 2 aromatic rings. The molecule has 2 rings (SSSR count). The second kappa shape index (κ2) is 8.41. The highest BCUT2D eigenvalue weighted by atomic mass is 35.5. The van der Waals surface area contributed by atoms with E-state index in [0.717, 1.165) is 5.56 Å². The molecule has 0 radical (unpaired) electrons. The quantitative estimate of drug-likeness (QED) is 0.638. The zero-order valence-corrected chi connectivity index (χ0v) is 13.8. The van der Waals surface area contributed by atoms with Crippen LogP contribution in [0.25, 0.3) is 0 Å². The van der Waals surface area contributed by atoms with E-state index in [4.69, 9.17) is 32.7 Å². The summed E-state index contributed by atoms with van der Waals surface area (Å²) >= 11 is 11.8. The SMILES string of the molecule is COc1ccccc1C=NNC(=O)COc1cc(Cl)ccc1Cl. The first-order chi connectivity index (χ1) is 11.1. The molecule has 2 aromatic carbocycles. The minimum Gasteiger partial charge on any atom is -0.496 e. The summed E-state index contributed by atoms with van der Waals surface area (Å²) in [5.74, 6) is 0.572. The van der Waals surface area contributed by atoms with Crippen LogP contribution in [-0.2, 0) is 4.79 Å². The predicted molar refractivity (Wildman–Crippen MR) is 90.7 cm³/mol. The normalized spacial score (nSPS) is 10.6. The number of hydrogen-bond acceptors (Lipinski definition) is 4. The minimum atomic E-state index is -0.424. The summed E-state index contributed by atoms with van der Waals surface area (Å²) in [5.41, 5.74) is 3.11. The van der Waals surface area contributed by atoms with Gasteiger partial charge in [-0.2, -0.15) is 5.10 Å². The van der Waals surface area contributed by atoms with E-state index in [1.54, 1.807) is 25.3 Å². The third kappa shape index (κ3) is 5.16. The topological polar surface area (TPSA) is 59.9 Å². The summed E-state index contributed by atoms with van der Waals surface area (Å²) in [6, 6.07) is 12.1. The number of benzene rings is 2. The van der Waals surface area contributed by atoms with Crippen LogP contribution in [0.3, 0.4) is 0 Å². The van der Waals surface area contributed by atoms with Crippen molar-refractivity contribution in [3.63, 3.8) is 0 Å². The molecule has 120 valence electrons. The number of hydrazone groups is 1. The van der Waals surface area contributed by atoms with Crippen LogP contribution in [-0.4, -0.2) is 25.8 Å². The molecular weight excluding hydrogens is 339 g/mol. The molecule has 23 heavy (non-hydrogen) atoms. The number of hydrogen-bond donors (Lipinski definition) is 1. The second-order valence-corrected chi connectivity index (χ2v) is 5.24. The molecule has 1 N–H and O–H groups in total. The molecule has 5 nitrogen and oxygen atoms in total. The highest BCUT2D eigenvalue weighted by Gasteiger charge is 2.06. The van der Waals surface area contributed by atoms with Crippen molar-refractivity contribution in [1.29, 1.82) is 0 Å². The summed E-state index contributed by atoms with van der Waals surface area (Å²) in [6.07, 6.45) is 1.49. The van der Waals surface area contributed by atoms with E-state index in [0.29, 0.717) is 21.5 Å². The van der Waals surface area contributed by atoms with Crippen LogP contribution in [0, 0.1) is 0 Å². The number of nitrogens with zero attached hydrogens (tertiary/aromatic N) is 1. The first kappa shape index (κ1) is 17.1. The summed E-state index contributed by atoms with van der Waals surface area (Å²) < 4.78 is 10.5. The Hall–Kier alpha value is -2.24. The van der Waals surface area contributed by atoms with Gasteiger partial charge in [-0.1, -0.05) is 35.3 Å². The van der Waals surface area contributed by atoms with Crippen LogP contribution in [0.15, 0.2) is 47.6 Å². The van der Waals surface area contributed by atoms with Crippen LogP contribution >= 0.6 is 23.2 Å². The maximum atomic E-state index is 11.7. The van der Waals surface area contributed by atoms with E-state index in [9.17, 15) is 4.79 Å². The summed E-state index contributed by atoms with van der Waals surface area (Å²) in [5, 5.41) is 4.70. The molecule has 0 aliphatic rings. The average molecular weight is 353 g/mol. The van der Waals surface area contributed by atoms with E-state index in [2.05, 4.69) is 10.5 Å².